The highest BCUT2D eigenvalue weighted by atomic mass is 127. The highest BCUT2D eigenvalue weighted by Gasteiger charge is 2.10. The number of nitrogens with one attached hydrogen (secondary N) is 1. The first-order chi connectivity index (χ1) is 12.0. The lowest BCUT2D eigenvalue weighted by molar-refractivity contribution is 0.480. The minimum absolute atomic E-state index is 0. The second-order valence-corrected chi connectivity index (χ2v) is 7.50. The van der Waals surface area contributed by atoms with Crippen LogP contribution in [0.15, 0.2) is 11.2 Å². The van der Waals surface area contributed by atoms with Gasteiger partial charge in [0, 0.05) is 44.7 Å². The van der Waals surface area contributed by atoms with E-state index >= 15 is 0 Å². The Labute approximate surface area is 177 Å². The van der Waals surface area contributed by atoms with Gasteiger partial charge in [0.2, 0.25) is 0 Å². The Kier molecular flexibility index (Phi) is 10.1. The first-order valence-electron chi connectivity index (χ1n) is 8.77. The molecule has 2 aromatic rings. The SMILES string of the molecule is CCCCNC(=NCc1nnc(C)n1C)N(C)CCc1ncc(C)s1.I. The van der Waals surface area contributed by atoms with Crippen LogP contribution in [0.2, 0.25) is 0 Å². The van der Waals surface area contributed by atoms with E-state index in [1.807, 2.05) is 24.7 Å². The highest BCUT2D eigenvalue weighted by molar-refractivity contribution is 14.0. The molecule has 0 amide bonds. The lowest BCUT2D eigenvalue weighted by Crippen LogP contribution is -2.40. The van der Waals surface area contributed by atoms with Crippen molar-refractivity contribution < 1.29 is 0 Å². The molecule has 2 heterocycles. The average molecular weight is 491 g/mol. The summed E-state index contributed by atoms with van der Waals surface area (Å²) >= 11 is 1.76. The summed E-state index contributed by atoms with van der Waals surface area (Å²) in [7, 11) is 4.04. The number of thiazole rings is 1. The number of aliphatic imine (C=N–C) groups is 1. The third-order valence-corrected chi connectivity index (χ3v) is 5.03. The third-order valence-electron chi connectivity index (χ3n) is 4.06. The van der Waals surface area contributed by atoms with Gasteiger partial charge < -0.3 is 14.8 Å². The minimum Gasteiger partial charge on any atom is -0.356 e. The lowest BCUT2D eigenvalue weighted by Gasteiger charge is -2.22. The topological polar surface area (TPSA) is 71.2 Å². The van der Waals surface area contributed by atoms with Gasteiger partial charge in [-0.2, -0.15) is 0 Å². The first kappa shape index (κ1) is 22.8. The number of nitrogens with zero attached hydrogens (tertiary/aromatic N) is 6. The Balaban J connectivity index is 0.00000338. The minimum atomic E-state index is 0. The number of aryl methyl sites for hydroxylation is 2. The molecule has 0 aromatic carbocycles. The maximum atomic E-state index is 4.75. The summed E-state index contributed by atoms with van der Waals surface area (Å²) in [6.45, 7) is 8.55. The molecule has 9 heteroatoms. The van der Waals surface area contributed by atoms with E-state index in [4.69, 9.17) is 4.99 Å². The Bertz CT molecular complexity index is 695. The van der Waals surface area contributed by atoms with Crippen molar-refractivity contribution in [3.05, 3.63) is 27.7 Å². The molecule has 146 valence electrons. The zero-order valence-corrected chi connectivity index (χ0v) is 19.5. The number of unbranched alkanes of at least 4 members (excludes halogenated alkanes) is 1. The van der Waals surface area contributed by atoms with Crippen LogP contribution in [0.4, 0.5) is 0 Å². The van der Waals surface area contributed by atoms with E-state index in [0.29, 0.717) is 6.54 Å². The quantitative estimate of drug-likeness (QED) is 0.266. The Morgan fingerprint density at radius 1 is 1.35 bits per heavy atom. The molecule has 2 aromatic heterocycles. The molecule has 0 saturated heterocycles. The van der Waals surface area contributed by atoms with Gasteiger partial charge in [-0.3, -0.25) is 0 Å². The molecule has 0 radical (unpaired) electrons. The summed E-state index contributed by atoms with van der Waals surface area (Å²) < 4.78 is 1.98. The van der Waals surface area contributed by atoms with Crippen molar-refractivity contribution >= 4 is 41.3 Å². The number of halogens is 1. The molecule has 0 unspecified atom stereocenters. The molecule has 2 rings (SSSR count). The van der Waals surface area contributed by atoms with E-state index < -0.39 is 0 Å². The van der Waals surface area contributed by atoms with Gasteiger partial charge in [0.1, 0.15) is 12.4 Å². The van der Waals surface area contributed by atoms with Gasteiger partial charge >= 0.3 is 0 Å². The van der Waals surface area contributed by atoms with Gasteiger partial charge in [0.05, 0.1) is 5.01 Å². The molecule has 0 aliphatic heterocycles. The van der Waals surface area contributed by atoms with Gasteiger partial charge in [0.15, 0.2) is 11.8 Å². The first-order valence-corrected chi connectivity index (χ1v) is 9.58. The van der Waals surface area contributed by atoms with E-state index in [-0.39, 0.29) is 24.0 Å². The van der Waals surface area contributed by atoms with Crippen molar-refractivity contribution in [1.29, 1.82) is 0 Å². The summed E-state index contributed by atoms with van der Waals surface area (Å²) in [4.78, 5) is 12.6. The molecule has 0 saturated carbocycles. The van der Waals surface area contributed by atoms with Crippen LogP contribution in [0.5, 0.6) is 0 Å². The van der Waals surface area contributed by atoms with Crippen LogP contribution in [0.25, 0.3) is 0 Å². The molecule has 1 N–H and O–H groups in total. The van der Waals surface area contributed by atoms with Crippen molar-refractivity contribution in [2.24, 2.45) is 12.0 Å². The predicted octanol–water partition coefficient (Wildman–Crippen LogP) is 2.93. The smallest absolute Gasteiger partial charge is 0.194 e. The largest absolute Gasteiger partial charge is 0.356 e. The summed E-state index contributed by atoms with van der Waals surface area (Å²) in [5, 5.41) is 12.9. The fraction of sp³-hybridized carbons (Fsp3) is 0.647. The summed E-state index contributed by atoms with van der Waals surface area (Å²) in [6.07, 6.45) is 5.14. The number of aromatic nitrogens is 4. The van der Waals surface area contributed by atoms with Crippen molar-refractivity contribution in [2.75, 3.05) is 20.1 Å². The van der Waals surface area contributed by atoms with Gasteiger partial charge in [-0.05, 0) is 20.3 Å². The fourth-order valence-corrected chi connectivity index (χ4v) is 3.08. The van der Waals surface area contributed by atoms with Crippen LogP contribution in [0.3, 0.4) is 0 Å². The van der Waals surface area contributed by atoms with Crippen LogP contribution < -0.4 is 5.32 Å². The molecule has 0 atom stereocenters. The van der Waals surface area contributed by atoms with Gasteiger partial charge in [-0.1, -0.05) is 13.3 Å². The Morgan fingerprint density at radius 3 is 2.69 bits per heavy atom. The number of rotatable bonds is 8. The molecule has 0 aliphatic rings. The molecular weight excluding hydrogens is 461 g/mol. The molecule has 0 aliphatic carbocycles. The number of guanidine groups is 1. The van der Waals surface area contributed by atoms with Crippen molar-refractivity contribution in [1.82, 2.24) is 30.0 Å². The van der Waals surface area contributed by atoms with Crippen LogP contribution in [-0.4, -0.2) is 50.7 Å². The molecule has 7 nitrogen and oxygen atoms in total. The zero-order valence-electron chi connectivity index (χ0n) is 16.3. The molecule has 0 bridgehead atoms. The van der Waals surface area contributed by atoms with E-state index in [0.717, 1.165) is 50.0 Å². The second kappa shape index (κ2) is 11.5. The second-order valence-electron chi connectivity index (χ2n) is 6.18. The van der Waals surface area contributed by atoms with Crippen LogP contribution >= 0.6 is 35.3 Å². The van der Waals surface area contributed by atoms with Crippen molar-refractivity contribution in [2.45, 2.75) is 46.6 Å². The lowest BCUT2D eigenvalue weighted by atomic mass is 10.3. The highest BCUT2D eigenvalue weighted by Crippen LogP contribution is 2.12. The van der Waals surface area contributed by atoms with E-state index in [2.05, 4.69) is 46.3 Å². The summed E-state index contributed by atoms with van der Waals surface area (Å²) in [6, 6.07) is 0. The zero-order chi connectivity index (χ0) is 18.2. The molecule has 0 fully saturated rings. The summed E-state index contributed by atoms with van der Waals surface area (Å²) in [5.41, 5.74) is 0. The standard InChI is InChI=1S/C17H29N7S.HI/c1-6-7-9-18-17(20-12-15-22-21-14(3)24(15)5)23(4)10-8-16-19-11-13(2)25-16;/h11H,6-10,12H2,1-5H3,(H,18,20);1H. The van der Waals surface area contributed by atoms with Gasteiger partial charge in [-0.25, -0.2) is 9.98 Å². The van der Waals surface area contributed by atoms with Crippen LogP contribution in [0.1, 0.15) is 41.3 Å². The van der Waals surface area contributed by atoms with Crippen LogP contribution in [-0.2, 0) is 20.0 Å². The van der Waals surface area contributed by atoms with Crippen molar-refractivity contribution in [3.63, 3.8) is 0 Å². The average Bonchev–Trinajstić information content (AvgIpc) is 3.15. The Hall–Kier alpha value is -1.23. The van der Waals surface area contributed by atoms with Crippen LogP contribution in [0, 0.1) is 13.8 Å². The molecule has 0 spiro atoms. The monoisotopic (exact) mass is 491 g/mol. The number of likely N-dealkylation sites (N-methyl/N-ethyl adjacent to an activating group) is 1. The molecule has 26 heavy (non-hydrogen) atoms. The third kappa shape index (κ3) is 6.82. The van der Waals surface area contributed by atoms with E-state index in [1.54, 1.807) is 11.3 Å². The fourth-order valence-electron chi connectivity index (χ4n) is 2.31. The maximum Gasteiger partial charge on any atom is 0.194 e. The number of hydrogen-bond donors (Lipinski definition) is 1. The van der Waals surface area contributed by atoms with E-state index in [9.17, 15) is 0 Å². The van der Waals surface area contributed by atoms with Gasteiger partial charge in [0.25, 0.3) is 0 Å². The Morgan fingerprint density at radius 2 is 2.12 bits per heavy atom. The molecular formula is C17H30IN7S. The normalized spacial score (nSPS) is 11.3. The van der Waals surface area contributed by atoms with E-state index in [1.165, 1.54) is 9.88 Å². The van der Waals surface area contributed by atoms with Gasteiger partial charge in [-0.15, -0.1) is 45.5 Å². The van der Waals surface area contributed by atoms with Crippen molar-refractivity contribution in [3.8, 4) is 0 Å². The summed E-state index contributed by atoms with van der Waals surface area (Å²) in [5.74, 6) is 2.68. The predicted molar refractivity (Wildman–Crippen MR) is 118 cm³/mol. The maximum absolute atomic E-state index is 4.75. The number of hydrogen-bond acceptors (Lipinski definition) is 5.